The van der Waals surface area contributed by atoms with Crippen molar-refractivity contribution in [3.63, 3.8) is 0 Å². The Labute approximate surface area is 181 Å². The van der Waals surface area contributed by atoms with Crippen LogP contribution < -0.4 is 10.9 Å². The zero-order chi connectivity index (χ0) is 22.4. The minimum absolute atomic E-state index is 0.0319. The number of unbranched alkanes of at least 4 members (excludes halogenated alkanes) is 1. The topological polar surface area (TPSA) is 90.3 Å². The van der Waals surface area contributed by atoms with Crippen molar-refractivity contribution in [2.75, 3.05) is 0 Å². The highest BCUT2D eigenvalue weighted by molar-refractivity contribution is 6.02. The third kappa shape index (κ3) is 5.36. The Balaban J connectivity index is 1.75. The number of rotatable bonds is 8. The first-order valence-corrected chi connectivity index (χ1v) is 10.4. The molecule has 7 heteroatoms. The summed E-state index contributed by atoms with van der Waals surface area (Å²) < 4.78 is 6.68. The minimum Gasteiger partial charge on any atom is -0.448 e. The van der Waals surface area contributed by atoms with Crippen molar-refractivity contribution in [2.45, 2.75) is 52.8 Å². The summed E-state index contributed by atoms with van der Waals surface area (Å²) in [6.07, 6.45) is 0.644. The van der Waals surface area contributed by atoms with E-state index >= 15 is 0 Å². The van der Waals surface area contributed by atoms with Gasteiger partial charge in [-0.15, -0.1) is 0 Å². The van der Waals surface area contributed by atoms with Gasteiger partial charge in [0, 0.05) is 18.5 Å². The lowest BCUT2D eigenvalue weighted by molar-refractivity contribution is -0.129. The molecule has 31 heavy (non-hydrogen) atoms. The average Bonchev–Trinajstić information content (AvgIpc) is 2.78. The molecule has 3 rings (SSSR count). The highest BCUT2D eigenvalue weighted by atomic mass is 16.5. The zero-order valence-corrected chi connectivity index (χ0v) is 18.1. The molecule has 0 radical (unpaired) electrons. The average molecular weight is 421 g/mol. The molecule has 0 spiro atoms. The van der Waals surface area contributed by atoms with Crippen molar-refractivity contribution < 1.29 is 14.3 Å². The van der Waals surface area contributed by atoms with E-state index in [0.29, 0.717) is 23.9 Å². The van der Waals surface area contributed by atoms with Gasteiger partial charge in [0.15, 0.2) is 11.8 Å². The number of carbonyl (C=O) groups is 2. The molecule has 1 heterocycles. The summed E-state index contributed by atoms with van der Waals surface area (Å²) in [5.74, 6) is -1.14. The number of aryl methyl sites for hydroxylation is 2. The van der Waals surface area contributed by atoms with Crippen molar-refractivity contribution in [3.8, 4) is 0 Å². The third-order valence-electron chi connectivity index (χ3n) is 5.02. The van der Waals surface area contributed by atoms with Crippen LogP contribution in [-0.2, 0) is 22.6 Å². The Morgan fingerprint density at radius 3 is 2.45 bits per heavy atom. The summed E-state index contributed by atoms with van der Waals surface area (Å²) in [7, 11) is 0. The van der Waals surface area contributed by atoms with E-state index in [9.17, 15) is 14.4 Å². The number of aromatic nitrogens is 2. The van der Waals surface area contributed by atoms with Crippen LogP contribution in [0.5, 0.6) is 0 Å². The molecular weight excluding hydrogens is 394 g/mol. The monoisotopic (exact) mass is 421 g/mol. The summed E-state index contributed by atoms with van der Waals surface area (Å²) in [5, 5.41) is 7.83. The number of hydrogen-bond acceptors (Lipinski definition) is 5. The van der Waals surface area contributed by atoms with Crippen molar-refractivity contribution in [1.29, 1.82) is 0 Å². The Hall–Kier alpha value is -3.48. The first-order valence-electron chi connectivity index (χ1n) is 10.4. The Kier molecular flexibility index (Phi) is 7.18. The van der Waals surface area contributed by atoms with Gasteiger partial charge in [-0.25, -0.2) is 9.48 Å². The van der Waals surface area contributed by atoms with Gasteiger partial charge in [0.1, 0.15) is 0 Å². The van der Waals surface area contributed by atoms with E-state index < -0.39 is 18.0 Å². The van der Waals surface area contributed by atoms with Gasteiger partial charge in [0.05, 0.1) is 5.39 Å². The van der Waals surface area contributed by atoms with Crippen LogP contribution in [0.1, 0.15) is 48.3 Å². The van der Waals surface area contributed by atoms with E-state index in [1.807, 2.05) is 38.1 Å². The molecule has 0 saturated carbocycles. The fourth-order valence-corrected chi connectivity index (χ4v) is 3.15. The van der Waals surface area contributed by atoms with E-state index in [4.69, 9.17) is 4.74 Å². The van der Waals surface area contributed by atoms with Crippen LogP contribution >= 0.6 is 0 Å². The van der Waals surface area contributed by atoms with Crippen LogP contribution in [0.3, 0.4) is 0 Å². The molecule has 7 nitrogen and oxygen atoms in total. The first kappa shape index (κ1) is 22.2. The summed E-state index contributed by atoms with van der Waals surface area (Å²) >= 11 is 0. The van der Waals surface area contributed by atoms with Gasteiger partial charge in [0.25, 0.3) is 11.5 Å². The Morgan fingerprint density at radius 2 is 1.77 bits per heavy atom. The van der Waals surface area contributed by atoms with Gasteiger partial charge in [-0.05, 0) is 31.9 Å². The second-order valence-electron chi connectivity index (χ2n) is 7.53. The summed E-state index contributed by atoms with van der Waals surface area (Å²) in [6.45, 7) is 6.26. The lowest BCUT2D eigenvalue weighted by Crippen LogP contribution is -2.36. The van der Waals surface area contributed by atoms with Crippen LogP contribution in [0.4, 0.5) is 0 Å². The van der Waals surface area contributed by atoms with E-state index in [-0.39, 0.29) is 11.3 Å². The SMILES string of the molecule is CCCCn1nc(C(=O)O[C@H](C)C(=O)NCc2ccc(C)cc2)c2ccccc2c1=O. The van der Waals surface area contributed by atoms with E-state index in [0.717, 1.165) is 24.0 Å². The van der Waals surface area contributed by atoms with E-state index in [2.05, 4.69) is 10.4 Å². The number of nitrogens with zero attached hydrogens (tertiary/aromatic N) is 2. The van der Waals surface area contributed by atoms with Gasteiger partial charge in [-0.1, -0.05) is 61.4 Å². The molecule has 3 aromatic rings. The van der Waals surface area contributed by atoms with Gasteiger partial charge in [0.2, 0.25) is 0 Å². The Morgan fingerprint density at radius 1 is 1.10 bits per heavy atom. The highest BCUT2D eigenvalue weighted by Gasteiger charge is 2.23. The molecule has 0 aliphatic carbocycles. The van der Waals surface area contributed by atoms with E-state index in [1.54, 1.807) is 24.3 Å². The molecule has 1 aromatic heterocycles. The normalized spacial score (nSPS) is 11.8. The largest absolute Gasteiger partial charge is 0.448 e. The van der Waals surface area contributed by atoms with Crippen molar-refractivity contribution in [1.82, 2.24) is 15.1 Å². The number of fused-ring (bicyclic) bond motifs is 1. The smallest absolute Gasteiger partial charge is 0.360 e. The number of carbonyl (C=O) groups excluding carboxylic acids is 2. The standard InChI is InChI=1S/C24H27N3O4/c1-4-5-14-27-23(29)20-9-7-6-8-19(20)21(26-27)24(30)31-17(3)22(28)25-15-18-12-10-16(2)11-13-18/h6-13,17H,4-5,14-15H2,1-3H3,(H,25,28)/t17-/m1/s1. The van der Waals surface area contributed by atoms with Crippen LogP contribution in [0.25, 0.3) is 10.8 Å². The first-order chi connectivity index (χ1) is 14.9. The molecule has 0 fully saturated rings. The second kappa shape index (κ2) is 10.0. The molecule has 2 aromatic carbocycles. The summed E-state index contributed by atoms with van der Waals surface area (Å²) in [4.78, 5) is 37.9. The number of amides is 1. The number of benzene rings is 2. The van der Waals surface area contributed by atoms with Crippen LogP contribution in [0.15, 0.2) is 53.3 Å². The molecule has 0 bridgehead atoms. The number of nitrogens with one attached hydrogen (secondary N) is 1. The van der Waals surface area contributed by atoms with Crippen molar-refractivity contribution >= 4 is 22.6 Å². The van der Waals surface area contributed by atoms with Crippen LogP contribution in [-0.4, -0.2) is 27.8 Å². The van der Waals surface area contributed by atoms with Gasteiger partial charge in [-0.2, -0.15) is 5.10 Å². The summed E-state index contributed by atoms with van der Waals surface area (Å²) in [5.41, 5.74) is 1.87. The molecule has 1 N–H and O–H groups in total. The maximum Gasteiger partial charge on any atom is 0.360 e. The van der Waals surface area contributed by atoms with Crippen molar-refractivity contribution in [2.24, 2.45) is 0 Å². The van der Waals surface area contributed by atoms with Gasteiger partial charge >= 0.3 is 5.97 Å². The summed E-state index contributed by atoms with van der Waals surface area (Å²) in [6, 6.07) is 14.6. The molecule has 0 unspecified atom stereocenters. The van der Waals surface area contributed by atoms with Gasteiger partial charge < -0.3 is 10.1 Å². The maximum atomic E-state index is 12.8. The fourth-order valence-electron chi connectivity index (χ4n) is 3.15. The zero-order valence-electron chi connectivity index (χ0n) is 18.1. The number of esters is 1. The molecular formula is C24H27N3O4. The second-order valence-corrected chi connectivity index (χ2v) is 7.53. The van der Waals surface area contributed by atoms with E-state index in [1.165, 1.54) is 11.6 Å². The third-order valence-corrected chi connectivity index (χ3v) is 5.02. The molecule has 1 atom stereocenters. The fraction of sp³-hybridized carbons (Fsp3) is 0.333. The lowest BCUT2D eigenvalue weighted by Gasteiger charge is -2.15. The molecule has 0 aliphatic heterocycles. The van der Waals surface area contributed by atoms with Crippen LogP contribution in [0.2, 0.25) is 0 Å². The molecule has 162 valence electrons. The van der Waals surface area contributed by atoms with Crippen LogP contribution in [0, 0.1) is 6.92 Å². The van der Waals surface area contributed by atoms with Crippen molar-refractivity contribution in [3.05, 3.63) is 75.7 Å². The maximum absolute atomic E-state index is 12.8. The predicted molar refractivity (Wildman–Crippen MR) is 119 cm³/mol. The Bertz CT molecular complexity index is 1140. The minimum atomic E-state index is -1.01. The number of ether oxygens (including phenoxy) is 1. The highest BCUT2D eigenvalue weighted by Crippen LogP contribution is 2.15. The number of hydrogen-bond donors (Lipinski definition) is 1. The predicted octanol–water partition coefficient (Wildman–Crippen LogP) is 3.37. The quantitative estimate of drug-likeness (QED) is 0.563. The molecule has 0 saturated heterocycles. The molecule has 1 amide bonds. The lowest BCUT2D eigenvalue weighted by atomic mass is 10.1. The molecule has 0 aliphatic rings. The van der Waals surface area contributed by atoms with Gasteiger partial charge in [-0.3, -0.25) is 9.59 Å².